The molecule has 0 saturated heterocycles. The van der Waals surface area contributed by atoms with E-state index in [1.807, 2.05) is 6.92 Å². The van der Waals surface area contributed by atoms with Gasteiger partial charge in [-0.05, 0) is 25.7 Å². The molecule has 0 saturated carbocycles. The lowest BCUT2D eigenvalue weighted by Crippen LogP contribution is -2.30. The van der Waals surface area contributed by atoms with E-state index in [0.717, 1.165) is 77.0 Å². The van der Waals surface area contributed by atoms with E-state index in [1.165, 1.54) is 77.0 Å². The first-order chi connectivity index (χ1) is 32.7. The number of phosphoric acid groups is 2. The summed E-state index contributed by atoms with van der Waals surface area (Å²) in [6, 6.07) is 0. The van der Waals surface area contributed by atoms with Gasteiger partial charge in [0.25, 0.3) is 0 Å². The van der Waals surface area contributed by atoms with Crippen LogP contribution in [0.15, 0.2) is 0 Å². The highest BCUT2D eigenvalue weighted by Gasteiger charge is 2.30. The smallest absolute Gasteiger partial charge is 0.462 e. The minimum absolute atomic E-state index is 0.0973. The molecule has 402 valence electrons. The monoisotopic (exact) mass is 1020 g/mol. The van der Waals surface area contributed by atoms with Crippen LogP contribution < -0.4 is 0 Å². The Morgan fingerprint density at radius 3 is 0.912 bits per heavy atom. The molecule has 0 aromatic carbocycles. The average molecular weight is 1020 g/mol. The van der Waals surface area contributed by atoms with Crippen molar-refractivity contribution in [1.82, 2.24) is 0 Å². The second-order valence-electron chi connectivity index (χ2n) is 17.8. The van der Waals surface area contributed by atoms with Gasteiger partial charge in [0.2, 0.25) is 0 Å². The maximum atomic E-state index is 12.8. The fraction of sp³-hybridized carbons (Fsp3) is 0.918. The SMILES string of the molecule is CCCCCCCCCCCCCCC(=O)OC[C@H](COP(=O)(O)OC[C@H](O)COP(=O)(O)OC[C@@H](COC(=O)CCCC)OC(=O)CCCCCCC)OC(=O)CCCCCCCCCCC. The third kappa shape index (κ3) is 44.0. The number of esters is 4. The predicted molar refractivity (Wildman–Crippen MR) is 262 cm³/mol. The molecule has 0 bridgehead atoms. The van der Waals surface area contributed by atoms with Crippen LogP contribution in [0.1, 0.15) is 233 Å². The van der Waals surface area contributed by atoms with E-state index < -0.39 is 97.5 Å². The number of aliphatic hydroxyl groups excluding tert-OH is 1. The van der Waals surface area contributed by atoms with Crippen molar-refractivity contribution in [3.63, 3.8) is 0 Å². The third-order valence-electron chi connectivity index (χ3n) is 11.1. The van der Waals surface area contributed by atoms with Crippen molar-refractivity contribution >= 4 is 39.5 Å². The number of hydrogen-bond acceptors (Lipinski definition) is 15. The van der Waals surface area contributed by atoms with E-state index in [9.17, 15) is 43.2 Å². The first-order valence-electron chi connectivity index (χ1n) is 26.3. The number of carbonyl (C=O) groups excluding carboxylic acids is 4. The first kappa shape index (κ1) is 66.1. The van der Waals surface area contributed by atoms with Crippen molar-refractivity contribution in [2.24, 2.45) is 0 Å². The van der Waals surface area contributed by atoms with Gasteiger partial charge in [-0.25, -0.2) is 9.13 Å². The maximum Gasteiger partial charge on any atom is 0.472 e. The molecule has 0 aliphatic heterocycles. The van der Waals surface area contributed by atoms with Gasteiger partial charge in [0, 0.05) is 25.7 Å². The van der Waals surface area contributed by atoms with Crippen LogP contribution in [-0.2, 0) is 65.4 Å². The summed E-state index contributed by atoms with van der Waals surface area (Å²) in [4.78, 5) is 70.5. The lowest BCUT2D eigenvalue weighted by molar-refractivity contribution is -0.161. The molecular formula is C49H94O17P2. The van der Waals surface area contributed by atoms with E-state index in [1.54, 1.807) is 0 Å². The Labute approximate surface area is 409 Å². The fourth-order valence-electron chi connectivity index (χ4n) is 6.96. The lowest BCUT2D eigenvalue weighted by Gasteiger charge is -2.21. The third-order valence-corrected chi connectivity index (χ3v) is 13.0. The summed E-state index contributed by atoms with van der Waals surface area (Å²) in [5.74, 6) is -2.20. The van der Waals surface area contributed by atoms with Crippen molar-refractivity contribution in [2.75, 3.05) is 39.6 Å². The molecule has 0 amide bonds. The molecule has 0 aliphatic rings. The highest BCUT2D eigenvalue weighted by atomic mass is 31.2. The highest BCUT2D eigenvalue weighted by Crippen LogP contribution is 2.45. The number of rotatable bonds is 50. The Balaban J connectivity index is 5.07. The van der Waals surface area contributed by atoms with Crippen LogP contribution in [0.4, 0.5) is 0 Å². The summed E-state index contributed by atoms with van der Waals surface area (Å²) in [5, 5.41) is 10.4. The number of unbranched alkanes of at least 4 members (excludes halogenated alkanes) is 24. The van der Waals surface area contributed by atoms with E-state index >= 15 is 0 Å². The minimum atomic E-state index is -4.92. The lowest BCUT2D eigenvalue weighted by atomic mass is 10.0. The van der Waals surface area contributed by atoms with Gasteiger partial charge in [-0.1, -0.05) is 182 Å². The molecule has 0 fully saturated rings. The number of carbonyl (C=O) groups is 4. The van der Waals surface area contributed by atoms with Gasteiger partial charge in [0.15, 0.2) is 12.2 Å². The molecule has 0 spiro atoms. The second-order valence-corrected chi connectivity index (χ2v) is 20.8. The van der Waals surface area contributed by atoms with E-state index in [4.69, 9.17) is 37.0 Å². The fourth-order valence-corrected chi connectivity index (χ4v) is 8.54. The summed E-state index contributed by atoms with van der Waals surface area (Å²) < 4.78 is 66.6. The topological polar surface area (TPSA) is 237 Å². The Hall–Kier alpha value is -1.94. The Kier molecular flexibility index (Phi) is 43.7. The van der Waals surface area contributed by atoms with Gasteiger partial charge in [-0.15, -0.1) is 0 Å². The van der Waals surface area contributed by atoms with Gasteiger partial charge in [-0.3, -0.25) is 37.3 Å². The maximum absolute atomic E-state index is 12.8. The van der Waals surface area contributed by atoms with Crippen LogP contribution in [0.2, 0.25) is 0 Å². The molecule has 0 radical (unpaired) electrons. The van der Waals surface area contributed by atoms with Crippen molar-refractivity contribution in [3.05, 3.63) is 0 Å². The average Bonchev–Trinajstić information content (AvgIpc) is 3.31. The number of phosphoric ester groups is 2. The summed E-state index contributed by atoms with van der Waals surface area (Å²) in [6.45, 7) is 4.40. The molecule has 0 aliphatic carbocycles. The number of ether oxygens (including phenoxy) is 4. The zero-order valence-corrected chi connectivity index (χ0v) is 44.3. The van der Waals surface area contributed by atoms with Crippen LogP contribution in [-0.4, -0.2) is 96.7 Å². The highest BCUT2D eigenvalue weighted by molar-refractivity contribution is 7.47. The Bertz CT molecular complexity index is 1350. The van der Waals surface area contributed by atoms with E-state index in [-0.39, 0.29) is 25.7 Å². The summed E-state index contributed by atoms with van der Waals surface area (Å²) >= 11 is 0. The molecule has 0 aromatic heterocycles. The molecule has 19 heteroatoms. The van der Waals surface area contributed by atoms with Gasteiger partial charge < -0.3 is 33.8 Å². The van der Waals surface area contributed by atoms with Crippen LogP contribution in [0, 0.1) is 0 Å². The zero-order valence-electron chi connectivity index (χ0n) is 42.6. The zero-order chi connectivity index (χ0) is 50.6. The second kappa shape index (κ2) is 45.0. The summed E-state index contributed by atoms with van der Waals surface area (Å²) in [7, 11) is -9.82. The first-order valence-corrected chi connectivity index (χ1v) is 29.3. The molecule has 68 heavy (non-hydrogen) atoms. The van der Waals surface area contributed by atoms with Crippen molar-refractivity contribution < 1.29 is 80.2 Å². The van der Waals surface area contributed by atoms with Crippen LogP contribution in [0.3, 0.4) is 0 Å². The van der Waals surface area contributed by atoms with Crippen molar-refractivity contribution in [1.29, 1.82) is 0 Å². The Morgan fingerprint density at radius 2 is 0.603 bits per heavy atom. The van der Waals surface area contributed by atoms with Crippen molar-refractivity contribution in [3.8, 4) is 0 Å². The van der Waals surface area contributed by atoms with Crippen LogP contribution in [0.25, 0.3) is 0 Å². The predicted octanol–water partition coefficient (Wildman–Crippen LogP) is 12.1. The molecule has 5 atom stereocenters. The normalized spacial score (nSPS) is 14.6. The van der Waals surface area contributed by atoms with Gasteiger partial charge >= 0.3 is 39.5 Å². The van der Waals surface area contributed by atoms with Gasteiger partial charge in [0.1, 0.15) is 19.3 Å². The molecule has 0 heterocycles. The molecule has 17 nitrogen and oxygen atoms in total. The minimum Gasteiger partial charge on any atom is -0.462 e. The van der Waals surface area contributed by atoms with Crippen LogP contribution >= 0.6 is 15.6 Å². The molecule has 3 N–H and O–H groups in total. The standard InChI is InChI=1S/C49H94O17P2/c1-5-9-13-16-18-20-21-22-24-25-28-30-34-47(52)60-40-45(66-49(54)36-32-29-26-23-19-17-14-10-6-2)42-64-68(57,58)62-38-43(50)37-61-67(55,56)63-41-44(39-59-46(51)33-12-8-4)65-48(53)35-31-27-15-11-7-3/h43-45,50H,5-42H2,1-4H3,(H,55,56)(H,57,58)/t43-,44-,45-/m1/s1. The molecule has 2 unspecified atom stereocenters. The molecule has 0 rings (SSSR count). The molecule has 0 aromatic rings. The quantitative estimate of drug-likeness (QED) is 0.0222. The van der Waals surface area contributed by atoms with E-state index in [0.29, 0.717) is 25.7 Å². The van der Waals surface area contributed by atoms with Crippen molar-refractivity contribution in [2.45, 2.75) is 251 Å². The van der Waals surface area contributed by atoms with Gasteiger partial charge in [-0.2, -0.15) is 0 Å². The number of hydrogen-bond donors (Lipinski definition) is 3. The largest absolute Gasteiger partial charge is 0.472 e. The van der Waals surface area contributed by atoms with Gasteiger partial charge in [0.05, 0.1) is 26.4 Å². The van der Waals surface area contributed by atoms with E-state index in [2.05, 4.69) is 20.8 Å². The summed E-state index contributed by atoms with van der Waals surface area (Å²) in [5.41, 5.74) is 0. The summed E-state index contributed by atoms with van der Waals surface area (Å²) in [6.07, 6.45) is 25.4. The molecular weight excluding hydrogens is 922 g/mol. The number of aliphatic hydroxyl groups is 1. The van der Waals surface area contributed by atoms with Crippen LogP contribution in [0.5, 0.6) is 0 Å². The Morgan fingerprint density at radius 1 is 0.353 bits per heavy atom.